The summed E-state index contributed by atoms with van der Waals surface area (Å²) < 4.78 is 0. The lowest BCUT2D eigenvalue weighted by molar-refractivity contribution is -0.123. The van der Waals surface area contributed by atoms with Crippen molar-refractivity contribution in [1.29, 1.82) is 0 Å². The molecule has 142 valence electrons. The number of fused-ring (bicyclic) bond motifs is 1. The number of imide groups is 1. The van der Waals surface area contributed by atoms with E-state index in [1.807, 2.05) is 19.1 Å². The molecule has 0 bridgehead atoms. The fourth-order valence-electron chi connectivity index (χ4n) is 3.21. The van der Waals surface area contributed by atoms with Crippen LogP contribution in [0.25, 0.3) is 0 Å². The van der Waals surface area contributed by atoms with Crippen LogP contribution in [0.5, 0.6) is 0 Å². The van der Waals surface area contributed by atoms with Gasteiger partial charge in [-0.3, -0.25) is 19.4 Å². The molecule has 1 fully saturated rings. The lowest BCUT2D eigenvalue weighted by Crippen LogP contribution is -2.43. The molecule has 0 saturated carbocycles. The van der Waals surface area contributed by atoms with Gasteiger partial charge in [-0.2, -0.15) is 5.11 Å². The van der Waals surface area contributed by atoms with Gasteiger partial charge < -0.3 is 5.32 Å². The molecule has 0 spiro atoms. The Morgan fingerprint density at radius 3 is 2.61 bits per heavy atom. The predicted octanol–water partition coefficient (Wildman–Crippen LogP) is 2.58. The average molecular weight is 398 g/mol. The molecule has 0 radical (unpaired) electrons. The molecule has 0 aliphatic carbocycles. The first-order valence-corrected chi connectivity index (χ1v) is 8.99. The van der Waals surface area contributed by atoms with E-state index >= 15 is 0 Å². The maximum atomic E-state index is 12.9. The van der Waals surface area contributed by atoms with Gasteiger partial charge in [0.05, 0.1) is 5.69 Å². The highest BCUT2D eigenvalue weighted by Crippen LogP contribution is 2.32. The maximum Gasteiger partial charge on any atom is 0.263 e. The summed E-state index contributed by atoms with van der Waals surface area (Å²) in [5, 5.41) is 12.2. The molecule has 2 aromatic carbocycles. The Morgan fingerprint density at radius 2 is 1.89 bits per heavy atom. The van der Waals surface area contributed by atoms with Crippen molar-refractivity contribution in [2.45, 2.75) is 19.0 Å². The summed E-state index contributed by atoms with van der Waals surface area (Å²) in [6, 6.07) is 11.9. The van der Waals surface area contributed by atoms with Gasteiger partial charge in [0.25, 0.3) is 11.8 Å². The molecule has 3 amide bonds. The monoisotopic (exact) mass is 397 g/mol. The predicted molar refractivity (Wildman–Crippen MR) is 103 cm³/mol. The smallest absolute Gasteiger partial charge is 0.263 e. The van der Waals surface area contributed by atoms with Gasteiger partial charge in [-0.05, 0) is 37.3 Å². The van der Waals surface area contributed by atoms with E-state index in [0.29, 0.717) is 16.4 Å². The standard InChI is InChI=1S/C19H16ClN5O3/c1-11-5-7-13(8-6-11)21-15(26)10-24-17-16(22-23-24)18(27)25(19(17)28)14-4-2-3-12(20)9-14/h2-9,16-17H,10H2,1H3,(H,21,26). The summed E-state index contributed by atoms with van der Waals surface area (Å²) >= 11 is 5.97. The highest BCUT2D eigenvalue weighted by Gasteiger charge is 2.55. The summed E-state index contributed by atoms with van der Waals surface area (Å²) in [5.74, 6) is -1.32. The minimum absolute atomic E-state index is 0.194. The molecule has 2 heterocycles. The van der Waals surface area contributed by atoms with Gasteiger partial charge in [-0.15, -0.1) is 0 Å². The number of rotatable bonds is 4. The summed E-state index contributed by atoms with van der Waals surface area (Å²) in [7, 11) is 0. The molecular formula is C19H16ClN5O3. The number of anilines is 2. The minimum Gasteiger partial charge on any atom is -0.324 e. The SMILES string of the molecule is Cc1ccc(NC(=O)CN2N=NC3C(=O)N(c4cccc(Cl)c4)C(=O)C32)cc1. The summed E-state index contributed by atoms with van der Waals surface area (Å²) in [6.45, 7) is 1.76. The number of carbonyl (C=O) groups excluding carboxylic acids is 3. The Balaban J connectivity index is 1.49. The van der Waals surface area contributed by atoms with Crippen LogP contribution in [0.3, 0.4) is 0 Å². The number of benzene rings is 2. The maximum absolute atomic E-state index is 12.9. The van der Waals surface area contributed by atoms with Gasteiger partial charge in [0, 0.05) is 10.7 Å². The first-order chi connectivity index (χ1) is 13.4. The number of hydrogen-bond donors (Lipinski definition) is 1. The number of carbonyl (C=O) groups is 3. The van der Waals surface area contributed by atoms with Gasteiger partial charge >= 0.3 is 0 Å². The molecule has 1 N–H and O–H groups in total. The molecule has 2 atom stereocenters. The number of hydrogen-bond acceptors (Lipinski definition) is 6. The van der Waals surface area contributed by atoms with Crippen LogP contribution in [0.1, 0.15) is 5.56 Å². The van der Waals surface area contributed by atoms with Crippen LogP contribution in [0, 0.1) is 6.92 Å². The Kier molecular flexibility index (Phi) is 4.56. The van der Waals surface area contributed by atoms with E-state index in [4.69, 9.17) is 11.6 Å². The number of nitrogens with zero attached hydrogens (tertiary/aromatic N) is 4. The zero-order valence-electron chi connectivity index (χ0n) is 14.9. The van der Waals surface area contributed by atoms with Gasteiger partial charge in [0.15, 0.2) is 12.1 Å². The number of amides is 3. The van der Waals surface area contributed by atoms with Crippen molar-refractivity contribution in [3.8, 4) is 0 Å². The molecule has 4 rings (SSSR count). The Bertz CT molecular complexity index is 991. The van der Waals surface area contributed by atoms with Crippen LogP contribution >= 0.6 is 11.6 Å². The third kappa shape index (κ3) is 3.22. The second-order valence-corrected chi connectivity index (χ2v) is 7.03. The van der Waals surface area contributed by atoms with E-state index in [2.05, 4.69) is 15.7 Å². The molecule has 2 aliphatic heterocycles. The third-order valence-electron chi connectivity index (χ3n) is 4.57. The molecule has 0 aromatic heterocycles. The molecular weight excluding hydrogens is 382 g/mol. The molecule has 8 nitrogen and oxygen atoms in total. The van der Waals surface area contributed by atoms with Crippen LogP contribution in [0.4, 0.5) is 11.4 Å². The summed E-state index contributed by atoms with van der Waals surface area (Å²) in [5.41, 5.74) is 2.08. The van der Waals surface area contributed by atoms with Crippen molar-refractivity contribution < 1.29 is 14.4 Å². The number of nitrogens with one attached hydrogen (secondary N) is 1. The van der Waals surface area contributed by atoms with Crippen molar-refractivity contribution in [3.05, 3.63) is 59.1 Å². The lowest BCUT2D eigenvalue weighted by Gasteiger charge is -2.20. The van der Waals surface area contributed by atoms with Gasteiger partial charge in [-0.25, -0.2) is 4.90 Å². The first kappa shape index (κ1) is 18.1. The fourth-order valence-corrected chi connectivity index (χ4v) is 3.39. The van der Waals surface area contributed by atoms with E-state index in [9.17, 15) is 14.4 Å². The van der Waals surface area contributed by atoms with Crippen molar-refractivity contribution in [3.63, 3.8) is 0 Å². The number of aryl methyl sites for hydroxylation is 1. The van der Waals surface area contributed by atoms with Gasteiger partial charge in [0.2, 0.25) is 5.91 Å². The first-order valence-electron chi connectivity index (χ1n) is 8.61. The lowest BCUT2D eigenvalue weighted by atomic mass is 10.1. The second-order valence-electron chi connectivity index (χ2n) is 6.60. The molecule has 9 heteroatoms. The van der Waals surface area contributed by atoms with Gasteiger partial charge in [-0.1, -0.05) is 40.6 Å². The summed E-state index contributed by atoms with van der Waals surface area (Å²) in [4.78, 5) is 38.9. The molecule has 2 aromatic rings. The molecule has 2 unspecified atom stereocenters. The topological polar surface area (TPSA) is 94.4 Å². The Hall–Kier alpha value is -3.26. The highest BCUT2D eigenvalue weighted by atomic mass is 35.5. The zero-order valence-corrected chi connectivity index (χ0v) is 15.6. The average Bonchev–Trinajstić information content (AvgIpc) is 3.17. The van der Waals surface area contributed by atoms with Crippen molar-refractivity contribution in [2.24, 2.45) is 10.3 Å². The summed E-state index contributed by atoms with van der Waals surface area (Å²) in [6.07, 6.45) is 0. The van der Waals surface area contributed by atoms with Crippen LogP contribution in [0.2, 0.25) is 5.02 Å². The van der Waals surface area contributed by atoms with Crippen LogP contribution in [-0.2, 0) is 14.4 Å². The van der Waals surface area contributed by atoms with Crippen LogP contribution in [0.15, 0.2) is 58.9 Å². The zero-order chi connectivity index (χ0) is 19.8. The van der Waals surface area contributed by atoms with Crippen molar-refractivity contribution in [1.82, 2.24) is 5.01 Å². The minimum atomic E-state index is -0.960. The largest absolute Gasteiger partial charge is 0.324 e. The van der Waals surface area contributed by atoms with E-state index in [1.54, 1.807) is 30.3 Å². The molecule has 2 aliphatic rings. The third-order valence-corrected chi connectivity index (χ3v) is 4.80. The quantitative estimate of drug-likeness (QED) is 0.802. The van der Waals surface area contributed by atoms with E-state index in [-0.39, 0.29) is 12.5 Å². The molecule has 28 heavy (non-hydrogen) atoms. The van der Waals surface area contributed by atoms with E-state index < -0.39 is 23.9 Å². The van der Waals surface area contributed by atoms with E-state index in [0.717, 1.165) is 10.5 Å². The second kappa shape index (κ2) is 7.05. The normalized spacial score (nSPS) is 20.6. The van der Waals surface area contributed by atoms with E-state index in [1.165, 1.54) is 11.1 Å². The fraction of sp³-hybridized carbons (Fsp3) is 0.211. The van der Waals surface area contributed by atoms with Crippen LogP contribution in [-0.4, -0.2) is 41.4 Å². The molecule has 1 saturated heterocycles. The van der Waals surface area contributed by atoms with Crippen LogP contribution < -0.4 is 10.2 Å². The van der Waals surface area contributed by atoms with Gasteiger partial charge in [0.1, 0.15) is 6.54 Å². The number of halogens is 1. The van der Waals surface area contributed by atoms with Crippen molar-refractivity contribution >= 4 is 40.7 Å². The Morgan fingerprint density at radius 1 is 1.14 bits per heavy atom. The Labute approximate surface area is 165 Å². The highest BCUT2D eigenvalue weighted by molar-refractivity contribution is 6.31. The van der Waals surface area contributed by atoms with Crippen molar-refractivity contribution in [2.75, 3.05) is 16.8 Å².